The van der Waals surface area contributed by atoms with E-state index in [-0.39, 0.29) is 0 Å². The van der Waals surface area contributed by atoms with Crippen molar-refractivity contribution in [2.45, 2.75) is 6.92 Å². The molecule has 1 aliphatic rings. The highest BCUT2D eigenvalue weighted by Crippen LogP contribution is 2.20. The Balaban J connectivity index is 2.32. The minimum absolute atomic E-state index is 0.418. The van der Waals surface area contributed by atoms with Crippen molar-refractivity contribution in [3.63, 3.8) is 0 Å². The quantitative estimate of drug-likeness (QED) is 0.481. The lowest BCUT2D eigenvalue weighted by Gasteiger charge is -2.16. The fraction of sp³-hybridized carbons (Fsp3) is 0.143. The second-order valence-electron chi connectivity index (χ2n) is 3.00. The van der Waals surface area contributed by atoms with Crippen LogP contribution in [0.15, 0.2) is 12.5 Å². The van der Waals surface area contributed by atoms with Gasteiger partial charge >= 0.3 is 7.48 Å². The topological polar surface area (TPSA) is 65.7 Å². The minimum Gasteiger partial charge on any atom is -0.552 e. The summed E-state index contributed by atoms with van der Waals surface area (Å²) in [5.41, 5.74) is 0.772. The molecule has 0 saturated carbocycles. The number of hydrogen-bond acceptors (Lipinski definition) is 5. The first kappa shape index (κ1) is 7.49. The van der Waals surface area contributed by atoms with E-state index < -0.39 is 0 Å². The van der Waals surface area contributed by atoms with Crippen LogP contribution in [0.3, 0.4) is 0 Å². The molecule has 0 unspecified atom stereocenters. The lowest BCUT2D eigenvalue weighted by Crippen LogP contribution is -2.35. The van der Waals surface area contributed by atoms with Gasteiger partial charge in [0.15, 0.2) is 11.6 Å². The van der Waals surface area contributed by atoms with Gasteiger partial charge in [0.2, 0.25) is 0 Å². The predicted molar refractivity (Wildman–Crippen MR) is 49.1 cm³/mol. The van der Waals surface area contributed by atoms with Gasteiger partial charge in [-0.05, 0) is 6.92 Å². The standard InChI is InChI=1S/C7H6BN5O/c1-4-11-12-7-8-14-5-2-9-3-10-6(5)13(4)7/h2-3,8H,1H3. The van der Waals surface area contributed by atoms with Crippen molar-refractivity contribution >= 4 is 13.2 Å². The second-order valence-corrected chi connectivity index (χ2v) is 3.00. The average molecular weight is 187 g/mol. The smallest absolute Gasteiger partial charge is 0.415 e. The summed E-state index contributed by atoms with van der Waals surface area (Å²) in [7, 11) is 0.418. The maximum absolute atomic E-state index is 5.41. The van der Waals surface area contributed by atoms with Gasteiger partial charge in [0, 0.05) is 0 Å². The van der Waals surface area contributed by atoms with Crippen molar-refractivity contribution in [2.75, 3.05) is 0 Å². The Morgan fingerprint density at radius 1 is 1.43 bits per heavy atom. The first-order chi connectivity index (χ1) is 6.86. The van der Waals surface area contributed by atoms with Crippen LogP contribution in [-0.2, 0) is 0 Å². The lowest BCUT2D eigenvalue weighted by molar-refractivity contribution is 0.574. The third kappa shape index (κ3) is 0.861. The number of aryl methyl sites for hydroxylation is 1. The van der Waals surface area contributed by atoms with Crippen molar-refractivity contribution < 1.29 is 4.65 Å². The van der Waals surface area contributed by atoms with Gasteiger partial charge in [0.05, 0.1) is 6.20 Å². The summed E-state index contributed by atoms with van der Waals surface area (Å²) in [5, 5.41) is 7.95. The summed E-state index contributed by atoms with van der Waals surface area (Å²) in [6.45, 7) is 1.88. The maximum atomic E-state index is 5.41. The molecule has 68 valence electrons. The molecule has 6 nitrogen and oxygen atoms in total. The molecule has 2 aromatic heterocycles. The highest BCUT2D eigenvalue weighted by atomic mass is 16.4. The second kappa shape index (κ2) is 2.54. The molecule has 1 aliphatic heterocycles. The molecule has 0 aliphatic carbocycles. The van der Waals surface area contributed by atoms with E-state index in [2.05, 4.69) is 20.2 Å². The third-order valence-corrected chi connectivity index (χ3v) is 2.12. The van der Waals surface area contributed by atoms with Crippen molar-refractivity contribution in [3.05, 3.63) is 18.3 Å². The fourth-order valence-electron chi connectivity index (χ4n) is 1.50. The SMILES string of the molecule is Cc1nnc2n1-c1ncncc1OB2. The summed E-state index contributed by atoms with van der Waals surface area (Å²) < 4.78 is 7.29. The van der Waals surface area contributed by atoms with E-state index in [0.717, 1.165) is 11.5 Å². The van der Waals surface area contributed by atoms with Crippen molar-refractivity contribution in [1.29, 1.82) is 0 Å². The number of aromatic nitrogens is 5. The zero-order valence-corrected chi connectivity index (χ0v) is 7.51. The molecule has 2 aromatic rings. The van der Waals surface area contributed by atoms with Crippen LogP contribution >= 0.6 is 0 Å². The Kier molecular flexibility index (Phi) is 1.36. The Labute approximate surface area is 80.2 Å². The monoisotopic (exact) mass is 187 g/mol. The summed E-state index contributed by atoms with van der Waals surface area (Å²) in [6.07, 6.45) is 3.13. The summed E-state index contributed by atoms with van der Waals surface area (Å²) in [5.74, 6) is 2.19. The van der Waals surface area contributed by atoms with E-state index >= 15 is 0 Å². The molecule has 0 fully saturated rings. The van der Waals surface area contributed by atoms with Gasteiger partial charge in [-0.2, -0.15) is 0 Å². The molecule has 0 N–H and O–H groups in total. The zero-order valence-electron chi connectivity index (χ0n) is 7.51. The molecule has 0 radical (unpaired) electrons. The predicted octanol–water partition coefficient (Wildman–Crippen LogP) is -1.27. The van der Waals surface area contributed by atoms with Crippen LogP contribution in [0.2, 0.25) is 0 Å². The zero-order chi connectivity index (χ0) is 9.54. The molecule has 0 spiro atoms. The van der Waals surface area contributed by atoms with Crippen LogP contribution in [0.1, 0.15) is 5.82 Å². The largest absolute Gasteiger partial charge is 0.552 e. The molecule has 14 heavy (non-hydrogen) atoms. The van der Waals surface area contributed by atoms with Gasteiger partial charge in [0.25, 0.3) is 0 Å². The van der Waals surface area contributed by atoms with Gasteiger partial charge in [-0.25, -0.2) is 9.97 Å². The van der Waals surface area contributed by atoms with Crippen LogP contribution in [0, 0.1) is 6.92 Å². The van der Waals surface area contributed by atoms with Crippen LogP contribution in [0.25, 0.3) is 5.82 Å². The lowest BCUT2D eigenvalue weighted by atomic mass is 9.98. The molecule has 3 rings (SSSR count). The van der Waals surface area contributed by atoms with Crippen LogP contribution < -0.4 is 10.4 Å². The van der Waals surface area contributed by atoms with Gasteiger partial charge < -0.3 is 4.65 Å². The first-order valence-corrected chi connectivity index (χ1v) is 4.20. The van der Waals surface area contributed by atoms with E-state index in [9.17, 15) is 0 Å². The average Bonchev–Trinajstić information content (AvgIpc) is 2.61. The Morgan fingerprint density at radius 2 is 2.36 bits per heavy atom. The van der Waals surface area contributed by atoms with Crippen molar-refractivity contribution in [3.8, 4) is 11.6 Å². The fourth-order valence-corrected chi connectivity index (χ4v) is 1.50. The summed E-state index contributed by atoms with van der Waals surface area (Å²) in [6, 6.07) is 0. The number of rotatable bonds is 0. The molecule has 0 amide bonds. The highest BCUT2D eigenvalue weighted by molar-refractivity contribution is 6.46. The summed E-state index contributed by atoms with van der Waals surface area (Å²) in [4.78, 5) is 8.04. The van der Waals surface area contributed by atoms with E-state index in [1.54, 1.807) is 6.20 Å². The number of fused-ring (bicyclic) bond motifs is 3. The molecule has 0 bridgehead atoms. The van der Waals surface area contributed by atoms with Crippen LogP contribution in [0.5, 0.6) is 5.75 Å². The molecular weight excluding hydrogens is 181 g/mol. The number of nitrogens with zero attached hydrogens (tertiary/aromatic N) is 5. The Bertz CT molecular complexity index is 497. The van der Waals surface area contributed by atoms with E-state index in [1.807, 2.05) is 11.5 Å². The van der Waals surface area contributed by atoms with Gasteiger partial charge in [-0.15, -0.1) is 10.2 Å². The Hall–Kier alpha value is -1.92. The van der Waals surface area contributed by atoms with Crippen molar-refractivity contribution in [2.24, 2.45) is 0 Å². The van der Waals surface area contributed by atoms with Gasteiger partial charge in [-0.1, -0.05) is 0 Å². The minimum atomic E-state index is 0.418. The third-order valence-electron chi connectivity index (χ3n) is 2.12. The van der Waals surface area contributed by atoms with E-state index in [1.165, 1.54) is 6.33 Å². The first-order valence-electron chi connectivity index (χ1n) is 4.20. The van der Waals surface area contributed by atoms with E-state index in [0.29, 0.717) is 19.0 Å². The van der Waals surface area contributed by atoms with E-state index in [4.69, 9.17) is 4.65 Å². The van der Waals surface area contributed by atoms with Gasteiger partial charge in [0.1, 0.15) is 17.9 Å². The maximum Gasteiger partial charge on any atom is 0.415 e. The molecule has 0 saturated heterocycles. The normalized spacial score (nSPS) is 12.4. The van der Waals surface area contributed by atoms with Crippen LogP contribution in [-0.4, -0.2) is 32.2 Å². The molecule has 3 heterocycles. The highest BCUT2D eigenvalue weighted by Gasteiger charge is 2.23. The molecule has 0 aromatic carbocycles. The molecule has 0 atom stereocenters. The summed E-state index contributed by atoms with van der Waals surface area (Å²) >= 11 is 0. The van der Waals surface area contributed by atoms with Crippen molar-refractivity contribution in [1.82, 2.24) is 24.7 Å². The molecule has 7 heteroatoms. The Morgan fingerprint density at radius 3 is 3.29 bits per heavy atom. The van der Waals surface area contributed by atoms with Gasteiger partial charge in [-0.3, -0.25) is 4.57 Å². The number of hydrogen-bond donors (Lipinski definition) is 0. The molecular formula is C7H6BN5O. The van der Waals surface area contributed by atoms with Crippen LogP contribution in [0.4, 0.5) is 0 Å².